The summed E-state index contributed by atoms with van der Waals surface area (Å²) in [5, 5.41) is 0. The van der Waals surface area contributed by atoms with Gasteiger partial charge in [-0.1, -0.05) is 0 Å². The molecular formula is C7H12N2O. The van der Waals surface area contributed by atoms with Crippen LogP contribution in [-0.4, -0.2) is 12.1 Å². The van der Waals surface area contributed by atoms with E-state index in [2.05, 4.69) is 4.98 Å². The largest absolute Gasteiger partial charge is 0.482 e. The minimum atomic E-state index is 0.0453. The van der Waals surface area contributed by atoms with Gasteiger partial charge in [0.25, 0.3) is 0 Å². The van der Waals surface area contributed by atoms with Crippen molar-refractivity contribution in [2.24, 2.45) is 5.73 Å². The van der Waals surface area contributed by atoms with Gasteiger partial charge < -0.3 is 15.5 Å². The number of aromatic amines is 1. The normalized spacial score (nSPS) is 13.1. The van der Waals surface area contributed by atoms with Crippen molar-refractivity contribution < 1.29 is 4.74 Å². The van der Waals surface area contributed by atoms with Gasteiger partial charge in [-0.05, 0) is 19.1 Å². The molecule has 1 rings (SSSR count). The molecule has 0 aliphatic carbocycles. The second-order valence-electron chi connectivity index (χ2n) is 2.27. The molecule has 1 aromatic heterocycles. The number of hydrogen-bond acceptors (Lipinski definition) is 2. The van der Waals surface area contributed by atoms with Crippen molar-refractivity contribution in [2.45, 2.75) is 13.0 Å². The zero-order valence-electron chi connectivity index (χ0n) is 6.22. The van der Waals surface area contributed by atoms with E-state index in [-0.39, 0.29) is 6.04 Å². The molecule has 3 N–H and O–H groups in total. The summed E-state index contributed by atoms with van der Waals surface area (Å²) in [7, 11) is 1.62. The zero-order valence-corrected chi connectivity index (χ0v) is 6.22. The Balaban J connectivity index is 2.78. The third-order valence-electron chi connectivity index (χ3n) is 1.39. The lowest BCUT2D eigenvalue weighted by Crippen LogP contribution is -2.04. The molecule has 10 heavy (non-hydrogen) atoms. The molecule has 0 saturated carbocycles. The van der Waals surface area contributed by atoms with Gasteiger partial charge in [0.15, 0.2) is 5.88 Å². The molecule has 3 heteroatoms. The number of aromatic nitrogens is 1. The molecule has 1 aromatic rings. The molecule has 56 valence electrons. The van der Waals surface area contributed by atoms with Crippen LogP contribution in [0.1, 0.15) is 18.7 Å². The highest BCUT2D eigenvalue weighted by atomic mass is 16.5. The minimum absolute atomic E-state index is 0.0453. The van der Waals surface area contributed by atoms with Crippen LogP contribution >= 0.6 is 0 Å². The Bertz CT molecular complexity index is 205. The topological polar surface area (TPSA) is 51.0 Å². The van der Waals surface area contributed by atoms with E-state index in [1.54, 1.807) is 7.11 Å². The summed E-state index contributed by atoms with van der Waals surface area (Å²) in [5.41, 5.74) is 6.59. The molecule has 0 aromatic carbocycles. The van der Waals surface area contributed by atoms with Crippen molar-refractivity contribution in [3.63, 3.8) is 0 Å². The Kier molecular flexibility index (Phi) is 1.97. The predicted molar refractivity (Wildman–Crippen MR) is 39.9 cm³/mol. The van der Waals surface area contributed by atoms with Crippen LogP contribution < -0.4 is 10.5 Å². The zero-order chi connectivity index (χ0) is 7.56. The van der Waals surface area contributed by atoms with Crippen LogP contribution in [-0.2, 0) is 0 Å². The van der Waals surface area contributed by atoms with E-state index < -0.39 is 0 Å². The Morgan fingerprint density at radius 2 is 2.30 bits per heavy atom. The molecule has 0 radical (unpaired) electrons. The van der Waals surface area contributed by atoms with Crippen molar-refractivity contribution in [1.29, 1.82) is 0 Å². The van der Waals surface area contributed by atoms with Crippen LogP contribution in [0.2, 0.25) is 0 Å². The van der Waals surface area contributed by atoms with Crippen LogP contribution in [0.5, 0.6) is 5.88 Å². The van der Waals surface area contributed by atoms with Gasteiger partial charge >= 0.3 is 0 Å². The molecule has 0 aliphatic heterocycles. The van der Waals surface area contributed by atoms with Crippen LogP contribution in [0, 0.1) is 0 Å². The highest BCUT2D eigenvalue weighted by Crippen LogP contribution is 2.13. The maximum Gasteiger partial charge on any atom is 0.190 e. The van der Waals surface area contributed by atoms with Crippen molar-refractivity contribution in [2.75, 3.05) is 7.11 Å². The quantitative estimate of drug-likeness (QED) is 0.645. The number of H-pyrrole nitrogens is 1. The number of nitrogens with two attached hydrogens (primary N) is 1. The third kappa shape index (κ3) is 1.30. The summed E-state index contributed by atoms with van der Waals surface area (Å²) < 4.78 is 4.93. The van der Waals surface area contributed by atoms with Crippen molar-refractivity contribution in [3.8, 4) is 5.88 Å². The fourth-order valence-corrected chi connectivity index (χ4v) is 0.776. The first kappa shape index (κ1) is 7.15. The minimum Gasteiger partial charge on any atom is -0.482 e. The molecule has 0 unspecified atom stereocenters. The molecule has 1 atom stereocenters. The number of nitrogens with one attached hydrogen (secondary N) is 1. The number of ether oxygens (including phenoxy) is 1. The predicted octanol–water partition coefficient (Wildman–Crippen LogP) is 1.04. The molecule has 0 amide bonds. The van der Waals surface area contributed by atoms with Gasteiger partial charge in [-0.25, -0.2) is 0 Å². The lowest BCUT2D eigenvalue weighted by Gasteiger charge is -1.99. The van der Waals surface area contributed by atoms with Crippen LogP contribution in [0.3, 0.4) is 0 Å². The first-order valence-corrected chi connectivity index (χ1v) is 3.22. The number of hydrogen-bond donors (Lipinski definition) is 2. The van der Waals surface area contributed by atoms with Crippen LogP contribution in [0.4, 0.5) is 0 Å². The average Bonchev–Trinajstić information content (AvgIpc) is 2.34. The lowest BCUT2D eigenvalue weighted by molar-refractivity contribution is 0.399. The Morgan fingerprint density at radius 1 is 1.60 bits per heavy atom. The molecular weight excluding hydrogens is 128 g/mol. The molecule has 0 fully saturated rings. The standard InChI is InChI=1S/C7H12N2O/c1-5(8)6-3-4-7(9-6)10-2/h3-5,9H,8H2,1-2H3/t5-/m1/s1. The molecule has 0 saturated heterocycles. The van der Waals surface area contributed by atoms with Crippen molar-refractivity contribution >= 4 is 0 Å². The van der Waals surface area contributed by atoms with Gasteiger partial charge in [0.2, 0.25) is 0 Å². The lowest BCUT2D eigenvalue weighted by atomic mass is 10.3. The highest BCUT2D eigenvalue weighted by molar-refractivity contribution is 5.19. The Morgan fingerprint density at radius 3 is 2.60 bits per heavy atom. The molecule has 0 spiro atoms. The van der Waals surface area contributed by atoms with E-state index >= 15 is 0 Å². The first-order chi connectivity index (χ1) is 4.74. The van der Waals surface area contributed by atoms with Gasteiger partial charge in [-0.3, -0.25) is 0 Å². The summed E-state index contributed by atoms with van der Waals surface area (Å²) in [6, 6.07) is 3.83. The van der Waals surface area contributed by atoms with E-state index in [1.807, 2.05) is 19.1 Å². The fourth-order valence-electron chi connectivity index (χ4n) is 0.776. The molecule has 0 aliphatic rings. The van der Waals surface area contributed by atoms with Gasteiger partial charge in [-0.15, -0.1) is 0 Å². The van der Waals surface area contributed by atoms with Crippen LogP contribution in [0.15, 0.2) is 12.1 Å². The second-order valence-corrected chi connectivity index (χ2v) is 2.27. The second kappa shape index (κ2) is 2.75. The van der Waals surface area contributed by atoms with Gasteiger partial charge in [-0.2, -0.15) is 0 Å². The maximum atomic E-state index is 5.59. The Labute approximate surface area is 60.2 Å². The van der Waals surface area contributed by atoms with Gasteiger partial charge in [0.05, 0.1) is 7.11 Å². The monoisotopic (exact) mass is 140 g/mol. The van der Waals surface area contributed by atoms with Gasteiger partial charge in [0, 0.05) is 11.7 Å². The summed E-state index contributed by atoms with van der Waals surface area (Å²) in [4.78, 5) is 3.02. The Hall–Kier alpha value is -0.960. The number of rotatable bonds is 2. The highest BCUT2D eigenvalue weighted by Gasteiger charge is 2.01. The van der Waals surface area contributed by atoms with Crippen LogP contribution in [0.25, 0.3) is 0 Å². The molecule has 1 heterocycles. The number of methoxy groups -OCH3 is 1. The van der Waals surface area contributed by atoms with Crippen molar-refractivity contribution in [1.82, 2.24) is 4.98 Å². The van der Waals surface area contributed by atoms with Crippen molar-refractivity contribution in [3.05, 3.63) is 17.8 Å². The summed E-state index contributed by atoms with van der Waals surface area (Å²) in [5.74, 6) is 0.757. The summed E-state index contributed by atoms with van der Waals surface area (Å²) >= 11 is 0. The SMILES string of the molecule is COc1ccc([C@@H](C)N)[nH]1. The van der Waals surface area contributed by atoms with E-state index in [0.29, 0.717) is 0 Å². The average molecular weight is 140 g/mol. The first-order valence-electron chi connectivity index (χ1n) is 3.22. The van der Waals surface area contributed by atoms with E-state index in [0.717, 1.165) is 11.6 Å². The van der Waals surface area contributed by atoms with E-state index in [4.69, 9.17) is 10.5 Å². The smallest absolute Gasteiger partial charge is 0.190 e. The fraction of sp³-hybridized carbons (Fsp3) is 0.429. The summed E-state index contributed by atoms with van der Waals surface area (Å²) in [6.45, 7) is 1.92. The van der Waals surface area contributed by atoms with E-state index in [1.165, 1.54) is 0 Å². The summed E-state index contributed by atoms with van der Waals surface area (Å²) in [6.07, 6.45) is 0. The molecule has 3 nitrogen and oxygen atoms in total. The third-order valence-corrected chi connectivity index (χ3v) is 1.39. The maximum absolute atomic E-state index is 5.59. The van der Waals surface area contributed by atoms with E-state index in [9.17, 15) is 0 Å². The molecule has 0 bridgehead atoms. The van der Waals surface area contributed by atoms with Gasteiger partial charge in [0.1, 0.15) is 0 Å².